The normalized spacial score (nSPS) is 21.4. The SMILES string of the molecule is NCC1=CC(=CO)C(N)=NC1. The molecule has 0 saturated heterocycles. The second kappa shape index (κ2) is 3.21. The first-order chi connectivity index (χ1) is 5.27. The average molecular weight is 153 g/mol. The van der Waals surface area contributed by atoms with E-state index < -0.39 is 0 Å². The van der Waals surface area contributed by atoms with E-state index in [0.717, 1.165) is 11.8 Å². The molecule has 1 aliphatic rings. The number of dihydropyridines is 1. The Morgan fingerprint density at radius 2 is 2.45 bits per heavy atom. The van der Waals surface area contributed by atoms with Crippen LogP contribution in [0.25, 0.3) is 0 Å². The molecule has 0 saturated carbocycles. The van der Waals surface area contributed by atoms with E-state index in [9.17, 15) is 0 Å². The van der Waals surface area contributed by atoms with Crippen LogP contribution in [0, 0.1) is 0 Å². The van der Waals surface area contributed by atoms with Crippen molar-refractivity contribution in [2.75, 3.05) is 13.1 Å². The van der Waals surface area contributed by atoms with Crippen LogP contribution < -0.4 is 11.5 Å². The first-order valence-corrected chi connectivity index (χ1v) is 3.32. The first-order valence-electron chi connectivity index (χ1n) is 3.32. The van der Waals surface area contributed by atoms with Gasteiger partial charge in [0.1, 0.15) is 5.84 Å². The third-order valence-corrected chi connectivity index (χ3v) is 1.51. The Bertz CT molecular complexity index is 240. The summed E-state index contributed by atoms with van der Waals surface area (Å²) in [7, 11) is 0. The highest BCUT2D eigenvalue weighted by Crippen LogP contribution is 2.07. The zero-order valence-electron chi connectivity index (χ0n) is 6.12. The van der Waals surface area contributed by atoms with Crippen molar-refractivity contribution in [1.82, 2.24) is 0 Å². The second-order valence-electron chi connectivity index (χ2n) is 2.29. The fraction of sp³-hybridized carbons (Fsp3) is 0.286. The Morgan fingerprint density at radius 1 is 1.73 bits per heavy atom. The van der Waals surface area contributed by atoms with Gasteiger partial charge in [-0.05, 0) is 11.6 Å². The van der Waals surface area contributed by atoms with E-state index in [-0.39, 0.29) is 0 Å². The molecule has 60 valence electrons. The lowest BCUT2D eigenvalue weighted by Crippen LogP contribution is -2.21. The lowest BCUT2D eigenvalue weighted by molar-refractivity contribution is 0.471. The number of aliphatic hydroxyl groups is 1. The van der Waals surface area contributed by atoms with Gasteiger partial charge in [-0.3, -0.25) is 4.99 Å². The molecule has 0 aliphatic carbocycles. The standard InChI is InChI=1S/C7H11N3O/c8-2-5-1-6(4-11)7(9)10-3-5/h1,4,11H,2-3,8H2,(H2,9,10). The van der Waals surface area contributed by atoms with Gasteiger partial charge in [0.15, 0.2) is 0 Å². The number of aliphatic hydroxyl groups excluding tert-OH is 1. The zero-order chi connectivity index (χ0) is 8.27. The smallest absolute Gasteiger partial charge is 0.129 e. The van der Waals surface area contributed by atoms with E-state index in [2.05, 4.69) is 4.99 Å². The summed E-state index contributed by atoms with van der Waals surface area (Å²) in [5.74, 6) is 0.365. The van der Waals surface area contributed by atoms with Crippen LogP contribution in [0.3, 0.4) is 0 Å². The molecule has 4 heteroatoms. The summed E-state index contributed by atoms with van der Waals surface area (Å²) >= 11 is 0. The van der Waals surface area contributed by atoms with Crippen molar-refractivity contribution in [2.45, 2.75) is 0 Å². The van der Waals surface area contributed by atoms with Gasteiger partial charge in [0.2, 0.25) is 0 Å². The van der Waals surface area contributed by atoms with Gasteiger partial charge < -0.3 is 16.6 Å². The molecule has 0 atom stereocenters. The van der Waals surface area contributed by atoms with Crippen LogP contribution in [0.4, 0.5) is 0 Å². The molecular weight excluding hydrogens is 142 g/mol. The first kappa shape index (κ1) is 7.81. The number of hydrogen-bond donors (Lipinski definition) is 3. The highest BCUT2D eigenvalue weighted by molar-refractivity contribution is 6.00. The molecule has 5 N–H and O–H groups in total. The molecule has 0 spiro atoms. The summed E-state index contributed by atoms with van der Waals surface area (Å²) < 4.78 is 0. The molecular formula is C7H11N3O. The molecule has 1 aliphatic heterocycles. The number of rotatable bonds is 1. The van der Waals surface area contributed by atoms with Gasteiger partial charge in [0.05, 0.1) is 18.4 Å². The summed E-state index contributed by atoms with van der Waals surface area (Å²) in [5.41, 5.74) is 12.3. The van der Waals surface area contributed by atoms with Crippen LogP contribution in [0.1, 0.15) is 0 Å². The minimum Gasteiger partial charge on any atom is -0.515 e. The number of aliphatic imine (C=N–C) groups is 1. The van der Waals surface area contributed by atoms with E-state index in [1.165, 1.54) is 0 Å². The number of nitrogens with zero attached hydrogens (tertiary/aromatic N) is 1. The summed E-state index contributed by atoms with van der Waals surface area (Å²) in [6, 6.07) is 0. The average Bonchev–Trinajstić information content (AvgIpc) is 2.05. The molecule has 4 nitrogen and oxygen atoms in total. The third-order valence-electron chi connectivity index (χ3n) is 1.51. The molecule has 0 aromatic carbocycles. The topological polar surface area (TPSA) is 84.6 Å². The fourth-order valence-electron chi connectivity index (χ4n) is 0.844. The molecule has 0 unspecified atom stereocenters. The minimum atomic E-state index is 0.365. The van der Waals surface area contributed by atoms with Gasteiger partial charge in [0.25, 0.3) is 0 Å². The van der Waals surface area contributed by atoms with Crippen LogP contribution in [0.2, 0.25) is 0 Å². The van der Waals surface area contributed by atoms with Gasteiger partial charge in [0, 0.05) is 6.54 Å². The van der Waals surface area contributed by atoms with Gasteiger partial charge in [-0.25, -0.2) is 0 Å². The number of amidine groups is 1. The highest BCUT2D eigenvalue weighted by Gasteiger charge is 2.07. The molecule has 11 heavy (non-hydrogen) atoms. The molecule has 0 amide bonds. The van der Waals surface area contributed by atoms with Crippen LogP contribution >= 0.6 is 0 Å². The third kappa shape index (κ3) is 1.59. The van der Waals surface area contributed by atoms with Crippen LogP contribution in [0.15, 0.2) is 28.5 Å². The van der Waals surface area contributed by atoms with E-state index in [0.29, 0.717) is 24.5 Å². The summed E-state index contributed by atoms with van der Waals surface area (Å²) in [6.45, 7) is 0.994. The number of nitrogens with two attached hydrogens (primary N) is 2. The molecule has 1 heterocycles. The van der Waals surface area contributed by atoms with Crippen molar-refractivity contribution in [3.63, 3.8) is 0 Å². The van der Waals surface area contributed by atoms with E-state index in [4.69, 9.17) is 16.6 Å². The maximum Gasteiger partial charge on any atom is 0.129 e. The summed E-state index contributed by atoms with van der Waals surface area (Å²) in [6.07, 6.45) is 2.69. The van der Waals surface area contributed by atoms with Crippen molar-refractivity contribution < 1.29 is 5.11 Å². The summed E-state index contributed by atoms with van der Waals surface area (Å²) in [4.78, 5) is 3.95. The zero-order valence-corrected chi connectivity index (χ0v) is 6.12. The second-order valence-corrected chi connectivity index (χ2v) is 2.29. The van der Waals surface area contributed by atoms with E-state index in [1.807, 2.05) is 0 Å². The minimum absolute atomic E-state index is 0.365. The predicted octanol–water partition coefficient (Wildman–Crippen LogP) is -0.316. The molecule has 0 bridgehead atoms. The van der Waals surface area contributed by atoms with Crippen molar-refractivity contribution in [1.29, 1.82) is 0 Å². The maximum atomic E-state index is 8.67. The molecule has 0 aromatic heterocycles. The van der Waals surface area contributed by atoms with E-state index in [1.54, 1.807) is 6.08 Å². The lowest BCUT2D eigenvalue weighted by Gasteiger charge is -2.10. The molecule has 0 radical (unpaired) electrons. The van der Waals surface area contributed by atoms with Gasteiger partial charge in [-0.1, -0.05) is 0 Å². The Labute approximate surface area is 64.9 Å². The van der Waals surface area contributed by atoms with E-state index >= 15 is 0 Å². The largest absolute Gasteiger partial charge is 0.515 e. The Balaban J connectivity index is 2.84. The van der Waals surface area contributed by atoms with Crippen molar-refractivity contribution in [3.8, 4) is 0 Å². The van der Waals surface area contributed by atoms with Gasteiger partial charge >= 0.3 is 0 Å². The van der Waals surface area contributed by atoms with Crippen molar-refractivity contribution in [3.05, 3.63) is 23.5 Å². The van der Waals surface area contributed by atoms with Crippen LogP contribution in [0.5, 0.6) is 0 Å². The molecule has 0 aromatic rings. The van der Waals surface area contributed by atoms with Crippen molar-refractivity contribution >= 4 is 5.84 Å². The monoisotopic (exact) mass is 153 g/mol. The maximum absolute atomic E-state index is 8.67. The molecule has 0 fully saturated rings. The van der Waals surface area contributed by atoms with Crippen LogP contribution in [-0.2, 0) is 0 Å². The van der Waals surface area contributed by atoms with Crippen LogP contribution in [-0.4, -0.2) is 24.0 Å². The van der Waals surface area contributed by atoms with Crippen molar-refractivity contribution in [2.24, 2.45) is 16.5 Å². The number of hydrogen-bond acceptors (Lipinski definition) is 4. The molecule has 1 rings (SSSR count). The highest BCUT2D eigenvalue weighted by atomic mass is 16.2. The Hall–Kier alpha value is -1.29. The lowest BCUT2D eigenvalue weighted by atomic mass is 10.1. The van der Waals surface area contributed by atoms with Gasteiger partial charge in [-0.15, -0.1) is 0 Å². The predicted molar refractivity (Wildman–Crippen MR) is 44.3 cm³/mol. The van der Waals surface area contributed by atoms with Gasteiger partial charge in [-0.2, -0.15) is 0 Å². The Morgan fingerprint density at radius 3 is 3.00 bits per heavy atom. The summed E-state index contributed by atoms with van der Waals surface area (Å²) in [5, 5.41) is 8.67. The Kier molecular flexibility index (Phi) is 2.28. The fourth-order valence-corrected chi connectivity index (χ4v) is 0.844. The quantitative estimate of drug-likeness (QED) is 0.451.